The van der Waals surface area contributed by atoms with E-state index in [1.165, 1.54) is 0 Å². The summed E-state index contributed by atoms with van der Waals surface area (Å²) in [5.74, 6) is 0. The maximum atomic E-state index is 5.72. The van der Waals surface area contributed by atoms with Crippen molar-refractivity contribution in [2.75, 3.05) is 26.5 Å². The summed E-state index contributed by atoms with van der Waals surface area (Å²) >= 11 is 0. The lowest BCUT2D eigenvalue weighted by atomic mass is 10.9. The molecule has 88 valence electrons. The van der Waals surface area contributed by atoms with Gasteiger partial charge in [-0.3, -0.25) is 0 Å². The molecule has 0 aromatic heterocycles. The van der Waals surface area contributed by atoms with Crippen LogP contribution in [0.4, 0.5) is 0 Å². The first kappa shape index (κ1) is 12.5. The Morgan fingerprint density at radius 1 is 1.13 bits per heavy atom. The molecule has 0 amide bonds. The van der Waals surface area contributed by atoms with Crippen molar-refractivity contribution in [3.05, 3.63) is 12.4 Å². The van der Waals surface area contributed by atoms with Gasteiger partial charge in [0.1, 0.15) is 0 Å². The van der Waals surface area contributed by atoms with Gasteiger partial charge in [0.15, 0.2) is 0 Å². The molecule has 0 bridgehead atoms. The van der Waals surface area contributed by atoms with Crippen molar-refractivity contribution in [2.24, 2.45) is 0 Å². The molecule has 5 nitrogen and oxygen atoms in total. The van der Waals surface area contributed by atoms with Crippen LogP contribution in [0, 0.1) is 0 Å². The zero-order chi connectivity index (χ0) is 11.1. The number of nitrogens with one attached hydrogen (secondary N) is 1. The molecular weight excluding hydrogens is 212 g/mol. The minimum atomic E-state index is -2.68. The second-order valence-corrected chi connectivity index (χ2v) is 5.46. The monoisotopic (exact) mass is 232 g/mol. The summed E-state index contributed by atoms with van der Waals surface area (Å²) in [6, 6.07) is 0. The molecule has 0 fully saturated rings. The Morgan fingerprint density at radius 3 is 2.00 bits per heavy atom. The first-order valence-corrected chi connectivity index (χ1v) is 7.05. The standard InChI is InChI=1S/C9H20N2O3Si/c1-4-12-15(13-5-2,14-6-3)11-8-7-10-9-11/h7-8,10H,4-6,9H2,1-3H3. The SMILES string of the molecule is CCO[Si](OCC)(OCC)N1C=CNC1. The third kappa shape index (κ3) is 2.94. The van der Waals surface area contributed by atoms with Crippen LogP contribution in [0.3, 0.4) is 0 Å². The highest BCUT2D eigenvalue weighted by atomic mass is 28.4. The van der Waals surface area contributed by atoms with E-state index < -0.39 is 8.97 Å². The van der Waals surface area contributed by atoms with Crippen molar-refractivity contribution in [1.29, 1.82) is 0 Å². The lowest BCUT2D eigenvalue weighted by Gasteiger charge is -2.34. The Labute approximate surface area is 92.4 Å². The highest BCUT2D eigenvalue weighted by Gasteiger charge is 2.48. The summed E-state index contributed by atoms with van der Waals surface area (Å²) in [5.41, 5.74) is 0. The minimum absolute atomic E-state index is 0.594. The van der Waals surface area contributed by atoms with Crippen molar-refractivity contribution >= 4 is 8.97 Å². The predicted molar refractivity (Wildman–Crippen MR) is 59.6 cm³/mol. The van der Waals surface area contributed by atoms with Crippen LogP contribution in [0.2, 0.25) is 0 Å². The van der Waals surface area contributed by atoms with E-state index in [0.29, 0.717) is 26.5 Å². The third-order valence-electron chi connectivity index (χ3n) is 1.97. The van der Waals surface area contributed by atoms with Crippen LogP contribution >= 0.6 is 0 Å². The molecule has 15 heavy (non-hydrogen) atoms. The van der Waals surface area contributed by atoms with Crippen LogP contribution in [0.5, 0.6) is 0 Å². The molecule has 0 atom stereocenters. The maximum Gasteiger partial charge on any atom is 0.634 e. The summed E-state index contributed by atoms with van der Waals surface area (Å²) in [7, 11) is -2.68. The van der Waals surface area contributed by atoms with Gasteiger partial charge in [0.25, 0.3) is 0 Å². The van der Waals surface area contributed by atoms with Gasteiger partial charge in [0, 0.05) is 32.2 Å². The Bertz CT molecular complexity index is 197. The van der Waals surface area contributed by atoms with Crippen LogP contribution < -0.4 is 5.32 Å². The molecule has 1 rings (SSSR count). The molecule has 1 N–H and O–H groups in total. The molecule has 1 aliphatic heterocycles. The molecular formula is C9H20N2O3Si. The van der Waals surface area contributed by atoms with Crippen molar-refractivity contribution in [3.8, 4) is 0 Å². The average molecular weight is 232 g/mol. The molecule has 0 aromatic carbocycles. The molecule has 0 radical (unpaired) electrons. The Morgan fingerprint density at radius 2 is 1.67 bits per heavy atom. The van der Waals surface area contributed by atoms with Crippen LogP contribution in [-0.4, -0.2) is 40.0 Å². The van der Waals surface area contributed by atoms with Crippen LogP contribution in [0.25, 0.3) is 0 Å². The summed E-state index contributed by atoms with van der Waals surface area (Å²) < 4.78 is 19.2. The zero-order valence-electron chi connectivity index (χ0n) is 9.66. The van der Waals surface area contributed by atoms with E-state index in [2.05, 4.69) is 5.32 Å². The third-order valence-corrected chi connectivity index (χ3v) is 4.94. The first-order chi connectivity index (χ1) is 7.29. The number of nitrogens with zero attached hydrogens (tertiary/aromatic N) is 1. The van der Waals surface area contributed by atoms with Gasteiger partial charge in [-0.25, -0.2) is 0 Å². The molecule has 0 aromatic rings. The minimum Gasteiger partial charge on any atom is -0.373 e. The molecule has 0 aliphatic carbocycles. The van der Waals surface area contributed by atoms with Gasteiger partial charge in [-0.1, -0.05) is 0 Å². The summed E-state index contributed by atoms with van der Waals surface area (Å²) in [6.45, 7) is 8.32. The van der Waals surface area contributed by atoms with E-state index in [4.69, 9.17) is 13.3 Å². The molecule has 0 saturated carbocycles. The van der Waals surface area contributed by atoms with Crippen molar-refractivity contribution in [3.63, 3.8) is 0 Å². The van der Waals surface area contributed by atoms with Crippen LogP contribution in [-0.2, 0) is 13.3 Å². The zero-order valence-corrected chi connectivity index (χ0v) is 10.7. The fourth-order valence-corrected chi connectivity index (χ4v) is 3.84. The Kier molecular flexibility index (Phi) is 5.10. The summed E-state index contributed by atoms with van der Waals surface area (Å²) in [5, 5.41) is 3.09. The Hall–Kier alpha value is -0.563. The van der Waals surface area contributed by atoms with Gasteiger partial charge in [-0.15, -0.1) is 0 Å². The number of hydrogen-bond donors (Lipinski definition) is 1. The Balaban J connectivity index is 2.73. The van der Waals surface area contributed by atoms with E-state index in [0.717, 1.165) is 0 Å². The molecule has 1 heterocycles. The quantitative estimate of drug-likeness (QED) is 0.660. The largest absolute Gasteiger partial charge is 0.634 e. The predicted octanol–water partition coefficient (Wildman–Crippen LogP) is 0.865. The fraction of sp³-hybridized carbons (Fsp3) is 0.778. The van der Waals surface area contributed by atoms with Crippen molar-refractivity contribution in [1.82, 2.24) is 9.88 Å². The molecule has 1 aliphatic rings. The second-order valence-electron chi connectivity index (χ2n) is 2.97. The van der Waals surface area contributed by atoms with Gasteiger partial charge < -0.3 is 23.2 Å². The number of rotatable bonds is 7. The highest BCUT2D eigenvalue weighted by Crippen LogP contribution is 2.17. The van der Waals surface area contributed by atoms with Gasteiger partial charge in [-0.05, 0) is 20.8 Å². The smallest absolute Gasteiger partial charge is 0.373 e. The van der Waals surface area contributed by atoms with Gasteiger partial charge in [0.2, 0.25) is 0 Å². The molecule has 0 saturated heterocycles. The van der Waals surface area contributed by atoms with E-state index in [1.54, 1.807) is 0 Å². The van der Waals surface area contributed by atoms with E-state index in [1.807, 2.05) is 37.7 Å². The number of hydrogen-bond acceptors (Lipinski definition) is 5. The van der Waals surface area contributed by atoms with Crippen LogP contribution in [0.15, 0.2) is 12.4 Å². The summed E-state index contributed by atoms with van der Waals surface area (Å²) in [6.07, 6.45) is 3.80. The van der Waals surface area contributed by atoms with E-state index in [-0.39, 0.29) is 0 Å². The average Bonchev–Trinajstić information content (AvgIpc) is 2.72. The lowest BCUT2D eigenvalue weighted by molar-refractivity contribution is 0.0305. The van der Waals surface area contributed by atoms with Crippen molar-refractivity contribution < 1.29 is 13.3 Å². The first-order valence-electron chi connectivity index (χ1n) is 5.37. The second kappa shape index (κ2) is 6.11. The van der Waals surface area contributed by atoms with E-state index in [9.17, 15) is 0 Å². The maximum absolute atomic E-state index is 5.72. The van der Waals surface area contributed by atoms with Crippen LogP contribution in [0.1, 0.15) is 20.8 Å². The van der Waals surface area contributed by atoms with E-state index >= 15 is 0 Å². The topological polar surface area (TPSA) is 43.0 Å². The lowest BCUT2D eigenvalue weighted by Crippen LogP contribution is -2.59. The molecule has 0 unspecified atom stereocenters. The molecule has 6 heteroatoms. The summed E-state index contributed by atoms with van der Waals surface area (Å²) in [4.78, 5) is 0. The van der Waals surface area contributed by atoms with Gasteiger partial charge in [0.05, 0.1) is 6.67 Å². The normalized spacial score (nSPS) is 15.8. The highest BCUT2D eigenvalue weighted by molar-refractivity contribution is 6.58. The van der Waals surface area contributed by atoms with Crippen molar-refractivity contribution in [2.45, 2.75) is 20.8 Å². The fourth-order valence-electron chi connectivity index (χ4n) is 1.46. The van der Waals surface area contributed by atoms with Gasteiger partial charge >= 0.3 is 8.97 Å². The van der Waals surface area contributed by atoms with Gasteiger partial charge in [-0.2, -0.15) is 0 Å². The molecule has 0 spiro atoms.